The Balaban J connectivity index is 1.77. The minimum absolute atomic E-state index is 0.730. The van der Waals surface area contributed by atoms with Crippen molar-refractivity contribution in [2.45, 2.75) is 13.8 Å². The second-order valence-electron chi connectivity index (χ2n) is 6.82. The van der Waals surface area contributed by atoms with E-state index in [1.165, 1.54) is 0 Å². The summed E-state index contributed by atoms with van der Waals surface area (Å²) in [4.78, 5) is 2.07. The highest BCUT2D eigenvalue weighted by Crippen LogP contribution is 2.28. The minimum atomic E-state index is 0.730. The zero-order chi connectivity index (χ0) is 19.0. The van der Waals surface area contributed by atoms with E-state index in [4.69, 9.17) is 0 Å². The van der Waals surface area contributed by atoms with Crippen LogP contribution >= 0.6 is 0 Å². The zero-order valence-corrected chi connectivity index (χ0v) is 15.9. The van der Waals surface area contributed by atoms with E-state index in [1.54, 1.807) is 0 Å². The van der Waals surface area contributed by atoms with Crippen LogP contribution in [0.3, 0.4) is 0 Å². The summed E-state index contributed by atoms with van der Waals surface area (Å²) >= 11 is 0. The molecule has 0 atom stereocenters. The zero-order valence-electron chi connectivity index (χ0n) is 15.9. The molecule has 0 aliphatic carbocycles. The first-order chi connectivity index (χ1) is 13.0. The summed E-state index contributed by atoms with van der Waals surface area (Å²) in [6.45, 7) is 4.00. The van der Waals surface area contributed by atoms with Crippen molar-refractivity contribution >= 4 is 28.0 Å². The highest BCUT2D eigenvalue weighted by molar-refractivity contribution is 5.97. The van der Waals surface area contributed by atoms with Gasteiger partial charge in [-0.15, -0.1) is 10.2 Å². The predicted octanol–water partition coefficient (Wildman–Crippen LogP) is 4.24. The summed E-state index contributed by atoms with van der Waals surface area (Å²) in [5.74, 6) is 1.47. The van der Waals surface area contributed by atoms with Crippen molar-refractivity contribution in [3.63, 3.8) is 0 Å². The van der Waals surface area contributed by atoms with Crippen LogP contribution in [-0.2, 0) is 0 Å². The fourth-order valence-corrected chi connectivity index (χ4v) is 3.16. The van der Waals surface area contributed by atoms with Gasteiger partial charge in [0.2, 0.25) is 0 Å². The highest BCUT2D eigenvalue weighted by atomic mass is 15.4. The molecular formula is C21H22N6. The largest absolute Gasteiger partial charge is 0.378 e. The molecule has 136 valence electrons. The Morgan fingerprint density at radius 2 is 1.59 bits per heavy atom. The van der Waals surface area contributed by atoms with Crippen molar-refractivity contribution in [3.8, 4) is 5.82 Å². The molecule has 0 spiro atoms. The second kappa shape index (κ2) is 6.72. The number of aromatic nitrogens is 4. The van der Waals surface area contributed by atoms with Gasteiger partial charge in [-0.05, 0) is 44.2 Å². The van der Waals surface area contributed by atoms with Gasteiger partial charge in [-0.25, -0.2) is 4.68 Å². The van der Waals surface area contributed by atoms with E-state index in [2.05, 4.69) is 49.8 Å². The summed E-state index contributed by atoms with van der Waals surface area (Å²) in [6, 6.07) is 18.4. The number of rotatable bonds is 4. The van der Waals surface area contributed by atoms with Crippen molar-refractivity contribution < 1.29 is 0 Å². The quantitative estimate of drug-likeness (QED) is 0.591. The van der Waals surface area contributed by atoms with E-state index >= 15 is 0 Å². The number of hydrogen-bond donors (Lipinski definition) is 1. The number of aryl methyl sites for hydroxylation is 2. The van der Waals surface area contributed by atoms with Gasteiger partial charge in [-0.1, -0.05) is 24.3 Å². The molecule has 27 heavy (non-hydrogen) atoms. The van der Waals surface area contributed by atoms with Crippen LogP contribution in [-0.4, -0.2) is 34.1 Å². The number of anilines is 3. The van der Waals surface area contributed by atoms with E-state index in [1.807, 2.05) is 63.0 Å². The third kappa shape index (κ3) is 3.21. The molecule has 0 saturated heterocycles. The molecule has 0 radical (unpaired) electrons. The van der Waals surface area contributed by atoms with Gasteiger partial charge in [0.25, 0.3) is 0 Å². The first-order valence-corrected chi connectivity index (χ1v) is 8.86. The van der Waals surface area contributed by atoms with Crippen LogP contribution in [0.4, 0.5) is 17.2 Å². The van der Waals surface area contributed by atoms with Crippen molar-refractivity contribution in [3.05, 3.63) is 66.0 Å². The van der Waals surface area contributed by atoms with Crippen LogP contribution in [0.2, 0.25) is 0 Å². The number of benzene rings is 2. The maximum absolute atomic E-state index is 4.56. The molecule has 4 rings (SSSR count). The number of nitrogens with one attached hydrogen (secondary N) is 1. The molecule has 0 saturated carbocycles. The van der Waals surface area contributed by atoms with Crippen molar-refractivity contribution in [1.29, 1.82) is 0 Å². The Bertz CT molecular complexity index is 1100. The van der Waals surface area contributed by atoms with E-state index in [-0.39, 0.29) is 0 Å². The minimum Gasteiger partial charge on any atom is -0.378 e. The molecule has 2 aromatic heterocycles. The molecule has 2 heterocycles. The molecule has 6 nitrogen and oxygen atoms in total. The normalized spacial score (nSPS) is 11.0. The molecule has 0 fully saturated rings. The molecule has 4 aromatic rings. The van der Waals surface area contributed by atoms with E-state index in [0.717, 1.165) is 45.2 Å². The first-order valence-electron chi connectivity index (χ1n) is 8.86. The lowest BCUT2D eigenvalue weighted by Gasteiger charge is -2.14. The van der Waals surface area contributed by atoms with Gasteiger partial charge in [0.15, 0.2) is 11.6 Å². The number of fused-ring (bicyclic) bond motifs is 1. The van der Waals surface area contributed by atoms with Crippen LogP contribution in [0.15, 0.2) is 54.6 Å². The van der Waals surface area contributed by atoms with Crippen molar-refractivity contribution in [2.24, 2.45) is 0 Å². The third-order valence-corrected chi connectivity index (χ3v) is 4.52. The Morgan fingerprint density at radius 1 is 0.889 bits per heavy atom. The maximum Gasteiger partial charge on any atom is 0.183 e. The Kier molecular flexibility index (Phi) is 4.24. The molecule has 1 N–H and O–H groups in total. The maximum atomic E-state index is 4.56. The summed E-state index contributed by atoms with van der Waals surface area (Å²) in [5, 5.41) is 18.9. The van der Waals surface area contributed by atoms with E-state index in [0.29, 0.717) is 0 Å². The molecule has 0 aliphatic heterocycles. The molecule has 0 unspecified atom stereocenters. The van der Waals surface area contributed by atoms with Crippen LogP contribution < -0.4 is 10.2 Å². The van der Waals surface area contributed by atoms with Gasteiger partial charge in [0.05, 0.1) is 5.69 Å². The van der Waals surface area contributed by atoms with Gasteiger partial charge in [-0.3, -0.25) is 0 Å². The number of nitrogens with zero attached hydrogens (tertiary/aromatic N) is 5. The summed E-state index contributed by atoms with van der Waals surface area (Å²) in [5.41, 5.74) is 4.11. The summed E-state index contributed by atoms with van der Waals surface area (Å²) in [6.07, 6.45) is 0. The lowest BCUT2D eigenvalue weighted by Crippen LogP contribution is -2.08. The molecule has 2 aromatic carbocycles. The van der Waals surface area contributed by atoms with Gasteiger partial charge in [0.1, 0.15) is 0 Å². The van der Waals surface area contributed by atoms with E-state index in [9.17, 15) is 0 Å². The molecule has 0 amide bonds. The second-order valence-corrected chi connectivity index (χ2v) is 6.82. The average Bonchev–Trinajstić information content (AvgIpc) is 3.00. The van der Waals surface area contributed by atoms with Crippen LogP contribution in [0.5, 0.6) is 0 Å². The van der Waals surface area contributed by atoms with Gasteiger partial charge in [-0.2, -0.15) is 5.10 Å². The SMILES string of the molecule is Cc1cc(C)n(-c2nnc(Nc3ccc(N(C)C)cc3)c3ccccc23)n1. The van der Waals surface area contributed by atoms with Gasteiger partial charge >= 0.3 is 0 Å². The fourth-order valence-electron chi connectivity index (χ4n) is 3.16. The van der Waals surface area contributed by atoms with Gasteiger partial charge in [0, 0.05) is 41.9 Å². The lowest BCUT2D eigenvalue weighted by molar-refractivity contribution is 0.792. The standard InChI is InChI=1S/C21H22N6/c1-14-13-15(2)27(25-14)21-19-8-6-5-7-18(19)20(23-24-21)22-16-9-11-17(12-10-16)26(3)4/h5-13H,1-4H3,(H,22,23). The Labute approximate surface area is 158 Å². The van der Waals surface area contributed by atoms with Crippen molar-refractivity contribution in [2.75, 3.05) is 24.3 Å². The highest BCUT2D eigenvalue weighted by Gasteiger charge is 2.13. The molecule has 6 heteroatoms. The smallest absolute Gasteiger partial charge is 0.183 e. The molecule has 0 aliphatic rings. The predicted molar refractivity (Wildman–Crippen MR) is 110 cm³/mol. The van der Waals surface area contributed by atoms with Crippen LogP contribution in [0.25, 0.3) is 16.6 Å². The summed E-state index contributed by atoms with van der Waals surface area (Å²) < 4.78 is 1.85. The first kappa shape index (κ1) is 17.0. The monoisotopic (exact) mass is 358 g/mol. The Morgan fingerprint density at radius 3 is 2.22 bits per heavy atom. The third-order valence-electron chi connectivity index (χ3n) is 4.52. The van der Waals surface area contributed by atoms with Crippen LogP contribution in [0, 0.1) is 13.8 Å². The summed E-state index contributed by atoms with van der Waals surface area (Å²) in [7, 11) is 4.05. The van der Waals surface area contributed by atoms with Crippen LogP contribution in [0.1, 0.15) is 11.4 Å². The van der Waals surface area contributed by atoms with Crippen molar-refractivity contribution in [1.82, 2.24) is 20.0 Å². The Hall–Kier alpha value is -3.41. The topological polar surface area (TPSA) is 58.9 Å². The average molecular weight is 358 g/mol. The fraction of sp³-hybridized carbons (Fsp3) is 0.190. The molecular weight excluding hydrogens is 336 g/mol. The van der Waals surface area contributed by atoms with Gasteiger partial charge < -0.3 is 10.2 Å². The lowest BCUT2D eigenvalue weighted by atomic mass is 10.1. The molecule has 0 bridgehead atoms. The number of hydrogen-bond acceptors (Lipinski definition) is 5. The van der Waals surface area contributed by atoms with E-state index < -0.39 is 0 Å².